The van der Waals surface area contributed by atoms with Gasteiger partial charge in [-0.25, -0.2) is 0 Å². The number of fused-ring (bicyclic) bond motifs is 1. The molecule has 0 atom stereocenters. The summed E-state index contributed by atoms with van der Waals surface area (Å²) in [4.78, 5) is 38.0. The third kappa shape index (κ3) is 4.00. The Labute approximate surface area is 198 Å². The van der Waals surface area contributed by atoms with E-state index in [2.05, 4.69) is 38.7 Å². The molecule has 0 N–H and O–H groups in total. The van der Waals surface area contributed by atoms with Crippen LogP contribution in [0.5, 0.6) is 0 Å². The Bertz CT molecular complexity index is 1290. The van der Waals surface area contributed by atoms with Gasteiger partial charge in [0.15, 0.2) is 0 Å². The predicted molar refractivity (Wildman–Crippen MR) is 130 cm³/mol. The Morgan fingerprint density at radius 2 is 1.84 bits per heavy atom. The molecular formula is C24H21BrN2O4S. The number of aryl methyl sites for hydroxylation is 1. The van der Waals surface area contributed by atoms with Gasteiger partial charge < -0.3 is 9.30 Å². The first-order valence-corrected chi connectivity index (χ1v) is 11.7. The van der Waals surface area contributed by atoms with E-state index in [1.807, 2.05) is 38.1 Å². The summed E-state index contributed by atoms with van der Waals surface area (Å²) in [6.07, 6.45) is 1.72. The number of hydrogen-bond donors (Lipinski definition) is 0. The van der Waals surface area contributed by atoms with Gasteiger partial charge in [-0.05, 0) is 67.8 Å². The van der Waals surface area contributed by atoms with Crippen molar-refractivity contribution >= 4 is 61.7 Å². The minimum absolute atomic E-state index is 0.196. The van der Waals surface area contributed by atoms with E-state index in [4.69, 9.17) is 4.74 Å². The van der Waals surface area contributed by atoms with Crippen LogP contribution in [-0.4, -0.2) is 39.7 Å². The van der Waals surface area contributed by atoms with Gasteiger partial charge in [-0.15, -0.1) is 0 Å². The van der Waals surface area contributed by atoms with Crippen molar-refractivity contribution in [2.45, 2.75) is 20.8 Å². The number of carbonyl (C=O) groups is 3. The van der Waals surface area contributed by atoms with Gasteiger partial charge >= 0.3 is 5.97 Å². The average Bonchev–Trinajstić information content (AvgIpc) is 3.18. The highest BCUT2D eigenvalue weighted by Gasteiger charge is 2.36. The number of ether oxygens (including phenoxy) is 1. The number of esters is 1. The van der Waals surface area contributed by atoms with Crippen molar-refractivity contribution in [1.82, 2.24) is 9.47 Å². The van der Waals surface area contributed by atoms with Crippen LogP contribution in [0.2, 0.25) is 0 Å². The Morgan fingerprint density at radius 3 is 2.56 bits per heavy atom. The van der Waals surface area contributed by atoms with Crippen molar-refractivity contribution in [3.63, 3.8) is 0 Å². The molecule has 1 aliphatic heterocycles. The van der Waals surface area contributed by atoms with E-state index in [0.717, 1.165) is 54.5 Å². The number of rotatable bonds is 5. The normalized spacial score (nSPS) is 15.2. The standard InChI is InChI=1S/C24H21BrN2O4S/c1-4-31-22(28)13-26-23(29)21(32-24(26)30)12-16-11-14(2)27(15(16)3)20-10-9-19(25)17-7-5-6-8-18(17)20/h5-12H,4,13H2,1-3H3/b21-12-. The van der Waals surface area contributed by atoms with Gasteiger partial charge in [0.2, 0.25) is 0 Å². The Balaban J connectivity index is 1.72. The number of nitrogens with zero attached hydrogens (tertiary/aromatic N) is 2. The van der Waals surface area contributed by atoms with Gasteiger partial charge in [-0.1, -0.05) is 40.2 Å². The second-order valence-corrected chi connectivity index (χ2v) is 9.19. The molecule has 2 heterocycles. The maximum absolute atomic E-state index is 12.7. The van der Waals surface area contributed by atoms with Crippen molar-refractivity contribution in [2.75, 3.05) is 13.2 Å². The average molecular weight is 513 g/mol. The fourth-order valence-corrected chi connectivity index (χ4v) is 5.17. The number of imide groups is 1. The smallest absolute Gasteiger partial charge is 0.326 e. The molecule has 6 nitrogen and oxygen atoms in total. The molecule has 0 aliphatic carbocycles. The zero-order chi connectivity index (χ0) is 23.0. The van der Waals surface area contributed by atoms with Crippen LogP contribution in [0.4, 0.5) is 4.79 Å². The molecule has 0 saturated carbocycles. The first-order chi connectivity index (χ1) is 15.3. The molecule has 1 fully saturated rings. The van der Waals surface area contributed by atoms with Gasteiger partial charge in [-0.3, -0.25) is 19.3 Å². The summed E-state index contributed by atoms with van der Waals surface area (Å²) >= 11 is 4.46. The second-order valence-electron chi connectivity index (χ2n) is 7.35. The van der Waals surface area contributed by atoms with E-state index < -0.39 is 17.1 Å². The minimum Gasteiger partial charge on any atom is -0.465 e. The summed E-state index contributed by atoms with van der Waals surface area (Å²) in [5.41, 5.74) is 3.84. The molecule has 2 amide bonds. The topological polar surface area (TPSA) is 68.6 Å². The van der Waals surface area contributed by atoms with E-state index in [1.54, 1.807) is 13.0 Å². The van der Waals surface area contributed by atoms with Crippen LogP contribution in [0.15, 0.2) is 51.8 Å². The lowest BCUT2D eigenvalue weighted by atomic mass is 10.1. The van der Waals surface area contributed by atoms with E-state index in [9.17, 15) is 14.4 Å². The number of halogens is 1. The molecule has 2 aromatic carbocycles. The SMILES string of the molecule is CCOC(=O)CN1C(=O)S/C(=C\c2cc(C)n(-c3ccc(Br)c4ccccc34)c2C)C1=O. The molecule has 1 aliphatic rings. The summed E-state index contributed by atoms with van der Waals surface area (Å²) in [7, 11) is 0. The maximum atomic E-state index is 12.7. The van der Waals surface area contributed by atoms with Crippen molar-refractivity contribution in [1.29, 1.82) is 0 Å². The van der Waals surface area contributed by atoms with Gasteiger partial charge in [0.1, 0.15) is 6.54 Å². The highest BCUT2D eigenvalue weighted by molar-refractivity contribution is 9.10. The van der Waals surface area contributed by atoms with Crippen LogP contribution in [-0.2, 0) is 14.3 Å². The number of benzene rings is 2. The van der Waals surface area contributed by atoms with Gasteiger partial charge in [0.05, 0.1) is 17.2 Å². The Hall–Kier alpha value is -2.84. The number of aromatic nitrogens is 1. The number of amides is 2. The van der Waals surface area contributed by atoms with Gasteiger partial charge in [0.25, 0.3) is 11.1 Å². The summed E-state index contributed by atoms with van der Waals surface area (Å²) < 4.78 is 8.03. The molecular weight excluding hydrogens is 492 g/mol. The van der Waals surface area contributed by atoms with Crippen molar-refractivity contribution in [3.05, 3.63) is 68.8 Å². The minimum atomic E-state index is -0.601. The third-order valence-corrected chi connectivity index (χ3v) is 6.91. The molecule has 0 spiro atoms. The quantitative estimate of drug-likeness (QED) is 0.328. The fraction of sp³-hybridized carbons (Fsp3) is 0.208. The molecule has 164 valence electrons. The molecule has 0 radical (unpaired) electrons. The molecule has 0 unspecified atom stereocenters. The van der Waals surface area contributed by atoms with Gasteiger partial charge in [0, 0.05) is 21.2 Å². The molecule has 3 aromatic rings. The molecule has 1 aromatic heterocycles. The van der Waals surface area contributed by atoms with Crippen LogP contribution < -0.4 is 0 Å². The van der Waals surface area contributed by atoms with Crippen LogP contribution in [0.25, 0.3) is 22.5 Å². The lowest BCUT2D eigenvalue weighted by Crippen LogP contribution is -2.34. The largest absolute Gasteiger partial charge is 0.465 e. The first kappa shape index (κ1) is 22.4. The van der Waals surface area contributed by atoms with Crippen LogP contribution in [0, 0.1) is 13.8 Å². The molecule has 4 rings (SSSR count). The zero-order valence-corrected chi connectivity index (χ0v) is 20.2. The van der Waals surface area contributed by atoms with E-state index in [1.165, 1.54) is 0 Å². The van der Waals surface area contributed by atoms with Crippen LogP contribution in [0.1, 0.15) is 23.9 Å². The zero-order valence-electron chi connectivity index (χ0n) is 17.8. The second kappa shape index (κ2) is 8.96. The lowest BCUT2D eigenvalue weighted by molar-refractivity contribution is -0.145. The molecule has 0 bridgehead atoms. The highest BCUT2D eigenvalue weighted by Crippen LogP contribution is 2.35. The maximum Gasteiger partial charge on any atom is 0.326 e. The molecule has 32 heavy (non-hydrogen) atoms. The third-order valence-electron chi connectivity index (χ3n) is 5.31. The van der Waals surface area contributed by atoms with Gasteiger partial charge in [-0.2, -0.15) is 0 Å². The number of hydrogen-bond acceptors (Lipinski definition) is 5. The summed E-state index contributed by atoms with van der Waals surface area (Å²) in [5, 5.41) is 1.74. The summed E-state index contributed by atoms with van der Waals surface area (Å²) in [6, 6.07) is 14.2. The van der Waals surface area contributed by atoms with Crippen LogP contribution >= 0.6 is 27.7 Å². The molecule has 1 saturated heterocycles. The summed E-state index contributed by atoms with van der Waals surface area (Å²) in [6.45, 7) is 5.49. The summed E-state index contributed by atoms with van der Waals surface area (Å²) in [5.74, 6) is -1.08. The Kier molecular flexibility index (Phi) is 6.26. The Morgan fingerprint density at radius 1 is 1.12 bits per heavy atom. The lowest BCUT2D eigenvalue weighted by Gasteiger charge is -2.14. The van der Waals surface area contributed by atoms with Crippen molar-refractivity contribution in [3.8, 4) is 5.69 Å². The first-order valence-electron chi connectivity index (χ1n) is 10.1. The van der Waals surface area contributed by atoms with Crippen LogP contribution in [0.3, 0.4) is 0 Å². The predicted octanol–water partition coefficient (Wildman–Crippen LogP) is 5.61. The van der Waals surface area contributed by atoms with E-state index in [0.29, 0.717) is 4.91 Å². The molecule has 8 heteroatoms. The van der Waals surface area contributed by atoms with E-state index >= 15 is 0 Å². The monoisotopic (exact) mass is 512 g/mol. The van der Waals surface area contributed by atoms with Crippen molar-refractivity contribution < 1.29 is 19.1 Å². The number of carbonyl (C=O) groups excluding carboxylic acids is 3. The number of thioether (sulfide) groups is 1. The fourth-order valence-electron chi connectivity index (χ4n) is 3.86. The highest BCUT2D eigenvalue weighted by atomic mass is 79.9. The van der Waals surface area contributed by atoms with E-state index in [-0.39, 0.29) is 13.2 Å². The van der Waals surface area contributed by atoms with Crippen molar-refractivity contribution in [2.24, 2.45) is 0 Å².